The Balaban J connectivity index is 1.54. The van der Waals surface area contributed by atoms with Crippen LogP contribution in [0.1, 0.15) is 93.2 Å². The SMILES string of the molecule is CC(C)(C)OC(=O)CCc1cc(F)cc(-c2nc(C(=O)Nc3ccccc3CC(=O)OC(C)(C)C)c(C3CC3)s2)c1. The molecule has 0 saturated heterocycles. The van der Waals surface area contributed by atoms with E-state index in [2.05, 4.69) is 10.3 Å². The Morgan fingerprint density at radius 2 is 1.63 bits per heavy atom. The average Bonchev–Trinajstić information content (AvgIpc) is 3.59. The molecule has 0 atom stereocenters. The van der Waals surface area contributed by atoms with Crippen molar-refractivity contribution in [3.05, 3.63) is 70.0 Å². The first-order valence-electron chi connectivity index (χ1n) is 13.8. The fourth-order valence-corrected chi connectivity index (χ4v) is 5.53. The molecule has 0 radical (unpaired) electrons. The van der Waals surface area contributed by atoms with Crippen LogP contribution in [0.5, 0.6) is 0 Å². The highest BCUT2D eigenvalue weighted by Gasteiger charge is 2.32. The lowest BCUT2D eigenvalue weighted by Crippen LogP contribution is -2.25. The molecule has 1 aliphatic carbocycles. The molecule has 1 amide bonds. The molecular weight excluding hydrogens is 543 g/mol. The van der Waals surface area contributed by atoms with Crippen LogP contribution < -0.4 is 5.32 Å². The van der Waals surface area contributed by atoms with Gasteiger partial charge in [-0.1, -0.05) is 18.2 Å². The van der Waals surface area contributed by atoms with Crippen LogP contribution in [0.4, 0.5) is 10.1 Å². The first-order chi connectivity index (χ1) is 19.2. The monoisotopic (exact) mass is 580 g/mol. The lowest BCUT2D eigenvalue weighted by molar-refractivity contribution is -0.155. The summed E-state index contributed by atoms with van der Waals surface area (Å²) in [4.78, 5) is 43.6. The normalized spacial score (nSPS) is 13.5. The zero-order chi connectivity index (χ0) is 29.9. The molecule has 2 aromatic carbocycles. The Labute approximate surface area is 244 Å². The Kier molecular flexibility index (Phi) is 8.97. The second kappa shape index (κ2) is 12.1. The minimum atomic E-state index is -0.613. The molecule has 1 aliphatic rings. The third-order valence-corrected chi connectivity index (χ3v) is 7.35. The van der Waals surface area contributed by atoms with Gasteiger partial charge in [0.1, 0.15) is 27.7 Å². The maximum Gasteiger partial charge on any atom is 0.310 e. The highest BCUT2D eigenvalue weighted by Crippen LogP contribution is 2.46. The number of nitrogens with zero attached hydrogens (tertiary/aromatic N) is 1. The number of ether oxygens (including phenoxy) is 2. The van der Waals surface area contributed by atoms with E-state index in [1.807, 2.05) is 0 Å². The maximum absolute atomic E-state index is 14.6. The number of hydrogen-bond acceptors (Lipinski definition) is 7. The standard InChI is InChI=1S/C32H37FN2O5S/c1-31(2,3)39-25(36)14-11-19-15-22(17-23(33)16-19)30-35-27(28(41-30)20-12-13-20)29(38)34-24-10-8-7-9-21(24)18-26(37)40-32(4,5)6/h7-10,15-17,20H,11-14,18H2,1-6H3,(H,34,38). The molecule has 1 N–H and O–H groups in total. The van der Waals surface area contributed by atoms with E-state index >= 15 is 0 Å². The smallest absolute Gasteiger partial charge is 0.310 e. The number of amides is 1. The lowest BCUT2D eigenvalue weighted by Gasteiger charge is -2.20. The molecule has 7 nitrogen and oxygen atoms in total. The van der Waals surface area contributed by atoms with Crippen LogP contribution in [-0.2, 0) is 31.9 Å². The number of rotatable bonds is 9. The summed E-state index contributed by atoms with van der Waals surface area (Å²) >= 11 is 1.39. The first-order valence-corrected chi connectivity index (χ1v) is 14.6. The van der Waals surface area contributed by atoms with Gasteiger partial charge in [-0.25, -0.2) is 9.37 Å². The van der Waals surface area contributed by atoms with Crippen molar-refractivity contribution in [2.75, 3.05) is 5.32 Å². The number of hydrogen-bond donors (Lipinski definition) is 1. The number of benzene rings is 2. The summed E-state index contributed by atoms with van der Waals surface area (Å²) in [6.45, 7) is 10.8. The minimum absolute atomic E-state index is 0.0148. The molecule has 1 fully saturated rings. The van der Waals surface area contributed by atoms with E-state index in [1.54, 1.807) is 71.9 Å². The quantitative estimate of drug-likeness (QED) is 0.268. The Bertz CT molecular complexity index is 1450. The molecule has 1 heterocycles. The second-order valence-electron chi connectivity index (χ2n) is 12.3. The van der Waals surface area contributed by atoms with Crippen LogP contribution in [0.3, 0.4) is 0 Å². The number of para-hydroxylation sites is 1. The third kappa shape index (κ3) is 8.95. The summed E-state index contributed by atoms with van der Waals surface area (Å²) in [5, 5.41) is 3.47. The number of anilines is 1. The van der Waals surface area contributed by atoms with Crippen molar-refractivity contribution < 1.29 is 28.2 Å². The van der Waals surface area contributed by atoms with Gasteiger partial charge in [0.2, 0.25) is 0 Å². The number of nitrogens with one attached hydrogen (secondary N) is 1. The number of carbonyl (C=O) groups is 3. The molecule has 4 rings (SSSR count). The molecule has 0 spiro atoms. The second-order valence-corrected chi connectivity index (χ2v) is 13.3. The highest BCUT2D eigenvalue weighted by molar-refractivity contribution is 7.15. The van der Waals surface area contributed by atoms with E-state index < -0.39 is 17.0 Å². The van der Waals surface area contributed by atoms with Gasteiger partial charge < -0.3 is 14.8 Å². The van der Waals surface area contributed by atoms with Crippen molar-refractivity contribution >= 4 is 34.9 Å². The predicted octanol–water partition coefficient (Wildman–Crippen LogP) is 7.24. The van der Waals surface area contributed by atoms with Gasteiger partial charge in [-0.15, -0.1) is 11.3 Å². The Morgan fingerprint density at radius 1 is 0.976 bits per heavy atom. The number of esters is 2. The molecule has 0 bridgehead atoms. The van der Waals surface area contributed by atoms with E-state index in [0.29, 0.717) is 39.5 Å². The minimum Gasteiger partial charge on any atom is -0.460 e. The van der Waals surface area contributed by atoms with Gasteiger partial charge in [0, 0.05) is 22.5 Å². The van der Waals surface area contributed by atoms with Crippen LogP contribution in [0.25, 0.3) is 10.6 Å². The predicted molar refractivity (Wildman–Crippen MR) is 158 cm³/mol. The highest BCUT2D eigenvalue weighted by atomic mass is 32.1. The molecule has 1 aromatic heterocycles. The zero-order valence-electron chi connectivity index (χ0n) is 24.4. The molecule has 41 heavy (non-hydrogen) atoms. The van der Waals surface area contributed by atoms with Gasteiger partial charge in [-0.05, 0) is 102 Å². The van der Waals surface area contributed by atoms with Crippen LogP contribution in [-0.4, -0.2) is 34.0 Å². The van der Waals surface area contributed by atoms with Crippen molar-refractivity contribution in [1.29, 1.82) is 0 Å². The van der Waals surface area contributed by atoms with Gasteiger partial charge >= 0.3 is 11.9 Å². The topological polar surface area (TPSA) is 94.6 Å². The van der Waals surface area contributed by atoms with E-state index in [4.69, 9.17) is 9.47 Å². The number of carbonyl (C=O) groups excluding carboxylic acids is 3. The summed E-state index contributed by atoms with van der Waals surface area (Å²) in [5.41, 5.74) is 1.46. The van der Waals surface area contributed by atoms with Crippen molar-refractivity contribution in [1.82, 2.24) is 4.98 Å². The van der Waals surface area contributed by atoms with Gasteiger partial charge in [0.25, 0.3) is 5.91 Å². The molecule has 0 unspecified atom stereocenters. The van der Waals surface area contributed by atoms with Gasteiger partial charge in [-0.3, -0.25) is 14.4 Å². The van der Waals surface area contributed by atoms with Crippen LogP contribution in [0.15, 0.2) is 42.5 Å². The average molecular weight is 581 g/mol. The van der Waals surface area contributed by atoms with Gasteiger partial charge in [0.15, 0.2) is 0 Å². The van der Waals surface area contributed by atoms with Crippen molar-refractivity contribution in [2.24, 2.45) is 0 Å². The molecule has 9 heteroatoms. The van der Waals surface area contributed by atoms with Crippen molar-refractivity contribution in [3.63, 3.8) is 0 Å². The summed E-state index contributed by atoms with van der Waals surface area (Å²) in [6, 6.07) is 11.7. The van der Waals surface area contributed by atoms with E-state index in [-0.39, 0.29) is 36.6 Å². The van der Waals surface area contributed by atoms with Crippen molar-refractivity contribution in [2.45, 2.75) is 90.8 Å². The van der Waals surface area contributed by atoms with Crippen LogP contribution >= 0.6 is 11.3 Å². The molecule has 3 aromatic rings. The number of aromatic nitrogens is 1. The summed E-state index contributed by atoms with van der Waals surface area (Å²) in [6.07, 6.45) is 2.38. The first kappa shape index (κ1) is 30.4. The summed E-state index contributed by atoms with van der Waals surface area (Å²) < 4.78 is 25.4. The third-order valence-electron chi connectivity index (χ3n) is 6.08. The van der Waals surface area contributed by atoms with Crippen LogP contribution in [0, 0.1) is 5.82 Å². The lowest BCUT2D eigenvalue weighted by atomic mass is 10.1. The summed E-state index contributed by atoms with van der Waals surface area (Å²) in [7, 11) is 0. The maximum atomic E-state index is 14.6. The number of thiazole rings is 1. The van der Waals surface area contributed by atoms with Gasteiger partial charge in [-0.2, -0.15) is 0 Å². The van der Waals surface area contributed by atoms with Crippen LogP contribution in [0.2, 0.25) is 0 Å². The van der Waals surface area contributed by atoms with E-state index in [9.17, 15) is 18.8 Å². The van der Waals surface area contributed by atoms with Crippen molar-refractivity contribution in [3.8, 4) is 10.6 Å². The van der Waals surface area contributed by atoms with Gasteiger partial charge in [0.05, 0.1) is 6.42 Å². The zero-order valence-corrected chi connectivity index (χ0v) is 25.2. The van der Waals surface area contributed by atoms with E-state index in [1.165, 1.54) is 23.5 Å². The Hall–Kier alpha value is -3.59. The fourth-order valence-electron chi connectivity index (χ4n) is 4.31. The molecular formula is C32H37FN2O5S. The van der Waals surface area contributed by atoms with E-state index in [0.717, 1.165) is 17.7 Å². The fraction of sp³-hybridized carbons (Fsp3) is 0.438. The molecule has 218 valence electrons. The number of aryl methyl sites for hydroxylation is 1. The number of halogens is 1. The largest absolute Gasteiger partial charge is 0.460 e. The summed E-state index contributed by atoms with van der Waals surface area (Å²) in [5.74, 6) is -1.32. The molecule has 1 saturated carbocycles. The Morgan fingerprint density at radius 3 is 2.29 bits per heavy atom. The molecule has 0 aliphatic heterocycles.